The largest absolute Gasteiger partial charge is 0.394 e. The molecule has 0 spiro atoms. The molecule has 136 valence electrons. The molecule has 6 nitrogen and oxygen atoms in total. The normalized spacial score (nSPS) is 28.9. The molecule has 1 aliphatic rings. The Morgan fingerprint density at radius 2 is 1.61 bits per heavy atom. The highest BCUT2D eigenvalue weighted by Gasteiger charge is 2.46. The Morgan fingerprint density at radius 3 is 2.22 bits per heavy atom. The van der Waals surface area contributed by atoms with Crippen molar-refractivity contribution >= 4 is 0 Å². The second-order valence-corrected chi connectivity index (χ2v) is 6.12. The van der Waals surface area contributed by atoms with Crippen LogP contribution in [0.1, 0.15) is 51.4 Å². The topological polar surface area (TPSA) is 99.4 Å². The van der Waals surface area contributed by atoms with Crippen LogP contribution < -0.4 is 0 Å². The molecule has 0 aromatic carbocycles. The second-order valence-electron chi connectivity index (χ2n) is 6.12. The molecular formula is C17H32O6. The number of allylic oxidation sites excluding steroid dienone is 1. The molecule has 0 aliphatic carbocycles. The van der Waals surface area contributed by atoms with Gasteiger partial charge in [-0.05, 0) is 19.3 Å². The summed E-state index contributed by atoms with van der Waals surface area (Å²) in [7, 11) is 0. The van der Waals surface area contributed by atoms with Crippen molar-refractivity contribution in [3.8, 4) is 0 Å². The van der Waals surface area contributed by atoms with Gasteiger partial charge < -0.3 is 29.9 Å². The van der Waals surface area contributed by atoms with E-state index in [0.29, 0.717) is 6.61 Å². The molecule has 5 atom stereocenters. The minimum Gasteiger partial charge on any atom is -0.394 e. The van der Waals surface area contributed by atoms with Gasteiger partial charge in [-0.15, -0.1) is 6.58 Å². The third-order valence-corrected chi connectivity index (χ3v) is 4.16. The molecule has 0 aromatic heterocycles. The molecule has 1 rings (SSSR count). The fourth-order valence-corrected chi connectivity index (χ4v) is 2.71. The van der Waals surface area contributed by atoms with Gasteiger partial charge in [0, 0.05) is 6.61 Å². The van der Waals surface area contributed by atoms with Gasteiger partial charge in [0.1, 0.15) is 24.4 Å². The molecule has 0 saturated carbocycles. The number of hydrogen-bond donors (Lipinski definition) is 4. The zero-order valence-electron chi connectivity index (χ0n) is 13.8. The highest BCUT2D eigenvalue weighted by atomic mass is 16.7. The van der Waals surface area contributed by atoms with Crippen LogP contribution in [0.5, 0.6) is 0 Å². The van der Waals surface area contributed by atoms with Crippen molar-refractivity contribution in [3.05, 3.63) is 12.7 Å². The van der Waals surface area contributed by atoms with Crippen LogP contribution in [0.3, 0.4) is 0 Å². The Kier molecular flexibility index (Phi) is 10.7. The Labute approximate surface area is 138 Å². The van der Waals surface area contributed by atoms with E-state index in [0.717, 1.165) is 25.7 Å². The molecule has 0 aromatic rings. The van der Waals surface area contributed by atoms with Crippen molar-refractivity contribution < 1.29 is 29.9 Å². The molecule has 4 N–H and O–H groups in total. The number of aliphatic hydroxyl groups excluding tert-OH is 4. The van der Waals surface area contributed by atoms with Gasteiger partial charge in [-0.25, -0.2) is 0 Å². The summed E-state index contributed by atoms with van der Waals surface area (Å²) in [6.07, 6.45) is 5.38. The molecule has 1 saturated heterocycles. The standard InChI is InChI=1S/C17H32O6/c1-2-3-4-5-6-7-8-9-10-11-22-17-15(21)14(20)16(23-17)13(19)12-18/h2,13-21H,1,3-12H2/t13-,14-,15-,16-,17+/m1/s1. The molecule has 1 aliphatic heterocycles. The second kappa shape index (κ2) is 11.9. The van der Waals surface area contributed by atoms with E-state index >= 15 is 0 Å². The van der Waals surface area contributed by atoms with Crippen molar-refractivity contribution in [1.82, 2.24) is 0 Å². The lowest BCUT2D eigenvalue weighted by molar-refractivity contribution is -0.181. The van der Waals surface area contributed by atoms with E-state index in [9.17, 15) is 15.3 Å². The smallest absolute Gasteiger partial charge is 0.186 e. The van der Waals surface area contributed by atoms with Gasteiger partial charge in [-0.3, -0.25) is 0 Å². The molecule has 6 heteroatoms. The van der Waals surface area contributed by atoms with Gasteiger partial charge in [-0.1, -0.05) is 38.2 Å². The highest BCUT2D eigenvalue weighted by Crippen LogP contribution is 2.24. The molecule has 0 amide bonds. The molecule has 1 heterocycles. The molecule has 23 heavy (non-hydrogen) atoms. The summed E-state index contributed by atoms with van der Waals surface area (Å²) in [6, 6.07) is 0. The molecular weight excluding hydrogens is 300 g/mol. The summed E-state index contributed by atoms with van der Waals surface area (Å²) in [5.41, 5.74) is 0. The average molecular weight is 332 g/mol. The summed E-state index contributed by atoms with van der Waals surface area (Å²) < 4.78 is 10.7. The maximum absolute atomic E-state index is 9.82. The van der Waals surface area contributed by atoms with Crippen molar-refractivity contribution in [2.75, 3.05) is 13.2 Å². The van der Waals surface area contributed by atoms with Crippen LogP contribution in [0.2, 0.25) is 0 Å². The number of ether oxygens (including phenoxy) is 2. The lowest BCUT2D eigenvalue weighted by Gasteiger charge is -2.18. The number of rotatable bonds is 13. The maximum Gasteiger partial charge on any atom is 0.186 e. The van der Waals surface area contributed by atoms with E-state index in [1.807, 2.05) is 6.08 Å². The fourth-order valence-electron chi connectivity index (χ4n) is 2.71. The summed E-state index contributed by atoms with van der Waals surface area (Å²) in [6.45, 7) is 3.61. The van der Waals surface area contributed by atoms with Crippen molar-refractivity contribution in [2.24, 2.45) is 0 Å². The Hall–Kier alpha value is -0.500. The van der Waals surface area contributed by atoms with Gasteiger partial charge in [0.2, 0.25) is 0 Å². The first kappa shape index (κ1) is 20.5. The van der Waals surface area contributed by atoms with E-state index in [2.05, 4.69) is 6.58 Å². The van der Waals surface area contributed by atoms with E-state index < -0.39 is 37.3 Å². The Bertz CT molecular complexity index is 311. The first-order chi connectivity index (χ1) is 11.1. The lowest BCUT2D eigenvalue weighted by Crippen LogP contribution is -2.40. The predicted octanol–water partition coefficient (Wildman–Crippen LogP) is 1.11. The van der Waals surface area contributed by atoms with Crippen LogP contribution in [0.25, 0.3) is 0 Å². The third kappa shape index (κ3) is 7.28. The zero-order valence-corrected chi connectivity index (χ0v) is 13.8. The number of unbranched alkanes of at least 4 members (excludes halogenated alkanes) is 7. The quantitative estimate of drug-likeness (QED) is 0.298. The van der Waals surface area contributed by atoms with E-state index in [-0.39, 0.29) is 0 Å². The highest BCUT2D eigenvalue weighted by molar-refractivity contribution is 4.90. The summed E-state index contributed by atoms with van der Waals surface area (Å²) in [5, 5.41) is 38.0. The van der Waals surface area contributed by atoms with Gasteiger partial charge in [0.25, 0.3) is 0 Å². The predicted molar refractivity (Wildman–Crippen MR) is 86.9 cm³/mol. The van der Waals surface area contributed by atoms with E-state index in [1.165, 1.54) is 25.7 Å². The Balaban J connectivity index is 2.04. The van der Waals surface area contributed by atoms with Gasteiger partial charge in [0.15, 0.2) is 6.29 Å². The molecule has 0 unspecified atom stereocenters. The molecule has 0 radical (unpaired) electrons. The van der Waals surface area contributed by atoms with Crippen LogP contribution in [0, 0.1) is 0 Å². The number of hydrogen-bond acceptors (Lipinski definition) is 6. The van der Waals surface area contributed by atoms with E-state index in [1.54, 1.807) is 0 Å². The third-order valence-electron chi connectivity index (χ3n) is 4.16. The van der Waals surface area contributed by atoms with Crippen molar-refractivity contribution in [3.63, 3.8) is 0 Å². The average Bonchev–Trinajstić information content (AvgIpc) is 2.84. The first-order valence-corrected chi connectivity index (χ1v) is 8.64. The number of aliphatic hydroxyl groups is 4. The van der Waals surface area contributed by atoms with Crippen LogP contribution >= 0.6 is 0 Å². The van der Waals surface area contributed by atoms with Gasteiger partial charge >= 0.3 is 0 Å². The monoisotopic (exact) mass is 332 g/mol. The van der Waals surface area contributed by atoms with Crippen LogP contribution in [-0.4, -0.2) is 64.3 Å². The molecule has 0 bridgehead atoms. The van der Waals surface area contributed by atoms with Crippen LogP contribution in [0.15, 0.2) is 12.7 Å². The van der Waals surface area contributed by atoms with Gasteiger partial charge in [0.05, 0.1) is 6.61 Å². The minimum absolute atomic E-state index is 0.437. The minimum atomic E-state index is -1.25. The van der Waals surface area contributed by atoms with Gasteiger partial charge in [-0.2, -0.15) is 0 Å². The SMILES string of the molecule is C=CCCCCCCCCCO[C@H]1O[C@H]([C@H](O)CO)[C@H](O)[C@H]1O. The van der Waals surface area contributed by atoms with Crippen molar-refractivity contribution in [2.45, 2.75) is 82.1 Å². The Morgan fingerprint density at radius 1 is 1.00 bits per heavy atom. The van der Waals surface area contributed by atoms with E-state index in [4.69, 9.17) is 14.6 Å². The summed E-state index contributed by atoms with van der Waals surface area (Å²) >= 11 is 0. The fraction of sp³-hybridized carbons (Fsp3) is 0.882. The van der Waals surface area contributed by atoms with Crippen LogP contribution in [0.4, 0.5) is 0 Å². The first-order valence-electron chi connectivity index (χ1n) is 8.64. The molecule has 1 fully saturated rings. The van der Waals surface area contributed by atoms with Crippen LogP contribution in [-0.2, 0) is 9.47 Å². The summed E-state index contributed by atoms with van der Waals surface area (Å²) in [5.74, 6) is 0. The summed E-state index contributed by atoms with van der Waals surface area (Å²) in [4.78, 5) is 0. The zero-order chi connectivity index (χ0) is 17.1. The lowest BCUT2D eigenvalue weighted by atomic mass is 10.1. The van der Waals surface area contributed by atoms with Crippen molar-refractivity contribution in [1.29, 1.82) is 0 Å². The maximum atomic E-state index is 9.82.